The van der Waals surface area contributed by atoms with Gasteiger partial charge in [-0.1, -0.05) is 22.0 Å². The Hall–Kier alpha value is -1.90. The van der Waals surface area contributed by atoms with Crippen LogP contribution in [0.5, 0.6) is 5.75 Å². The van der Waals surface area contributed by atoms with E-state index in [9.17, 15) is 9.90 Å². The molecule has 0 saturated heterocycles. The van der Waals surface area contributed by atoms with Crippen molar-refractivity contribution in [3.63, 3.8) is 0 Å². The van der Waals surface area contributed by atoms with E-state index in [-0.39, 0.29) is 11.7 Å². The van der Waals surface area contributed by atoms with Gasteiger partial charge in [0, 0.05) is 21.9 Å². The number of halogens is 3. The number of carbonyl (C=O) groups is 1. The summed E-state index contributed by atoms with van der Waals surface area (Å²) in [5.41, 5.74) is 4.64. The zero-order valence-electron chi connectivity index (χ0n) is 13.2. The molecule has 0 saturated carbocycles. The summed E-state index contributed by atoms with van der Waals surface area (Å²) >= 11 is 9.86. The molecule has 0 aliphatic carbocycles. The zero-order valence-corrected chi connectivity index (χ0v) is 17.9. The molecule has 0 aliphatic heterocycles. The SMILES string of the molecule is O=C(N/N=C\c1cccn1-c1cccc(Br)c1)c1cc(Br)c(O)c(Br)c1. The number of nitrogens with one attached hydrogen (secondary N) is 1. The third kappa shape index (κ3) is 4.25. The summed E-state index contributed by atoms with van der Waals surface area (Å²) in [6.07, 6.45) is 3.49. The zero-order chi connectivity index (χ0) is 18.7. The molecule has 0 aliphatic rings. The van der Waals surface area contributed by atoms with Gasteiger partial charge in [-0.2, -0.15) is 5.10 Å². The van der Waals surface area contributed by atoms with Gasteiger partial charge in [0.05, 0.1) is 20.9 Å². The average Bonchev–Trinajstić information content (AvgIpc) is 3.07. The molecule has 3 aromatic rings. The smallest absolute Gasteiger partial charge is 0.271 e. The van der Waals surface area contributed by atoms with Gasteiger partial charge in [-0.15, -0.1) is 0 Å². The summed E-state index contributed by atoms with van der Waals surface area (Å²) in [7, 11) is 0. The number of hydrazone groups is 1. The lowest BCUT2D eigenvalue weighted by atomic mass is 10.2. The number of hydrogen-bond acceptors (Lipinski definition) is 3. The minimum Gasteiger partial charge on any atom is -0.506 e. The van der Waals surface area contributed by atoms with Gasteiger partial charge in [0.2, 0.25) is 0 Å². The van der Waals surface area contributed by atoms with E-state index in [1.165, 1.54) is 12.1 Å². The lowest BCUT2D eigenvalue weighted by Crippen LogP contribution is -2.18. The van der Waals surface area contributed by atoms with Gasteiger partial charge >= 0.3 is 0 Å². The molecule has 1 aromatic heterocycles. The van der Waals surface area contributed by atoms with Crippen LogP contribution in [0.2, 0.25) is 0 Å². The van der Waals surface area contributed by atoms with E-state index in [1.54, 1.807) is 6.21 Å². The highest BCUT2D eigenvalue weighted by atomic mass is 79.9. The van der Waals surface area contributed by atoms with Gasteiger partial charge in [0.1, 0.15) is 5.75 Å². The molecule has 0 bridgehead atoms. The molecule has 0 atom stereocenters. The highest BCUT2D eigenvalue weighted by Crippen LogP contribution is 2.33. The van der Waals surface area contributed by atoms with Crippen molar-refractivity contribution < 1.29 is 9.90 Å². The van der Waals surface area contributed by atoms with Crippen LogP contribution in [-0.4, -0.2) is 21.8 Å². The van der Waals surface area contributed by atoms with E-state index in [4.69, 9.17) is 0 Å². The van der Waals surface area contributed by atoms with Gasteiger partial charge in [0.25, 0.3) is 5.91 Å². The first-order valence-corrected chi connectivity index (χ1v) is 9.78. The Morgan fingerprint density at radius 2 is 1.81 bits per heavy atom. The average molecular weight is 542 g/mol. The largest absolute Gasteiger partial charge is 0.506 e. The van der Waals surface area contributed by atoms with E-state index in [0.717, 1.165) is 15.9 Å². The van der Waals surface area contributed by atoms with Gasteiger partial charge in [-0.3, -0.25) is 4.79 Å². The number of aromatic hydroxyl groups is 1. The molecule has 2 aromatic carbocycles. The molecule has 0 spiro atoms. The Balaban J connectivity index is 1.76. The second-order valence-corrected chi connectivity index (χ2v) is 7.89. The summed E-state index contributed by atoms with van der Waals surface area (Å²) in [6, 6.07) is 14.7. The van der Waals surface area contributed by atoms with Crippen molar-refractivity contribution in [3.05, 3.63) is 79.4 Å². The molecule has 8 heteroatoms. The Bertz CT molecular complexity index is 976. The van der Waals surface area contributed by atoms with Crippen molar-refractivity contribution in [1.29, 1.82) is 0 Å². The van der Waals surface area contributed by atoms with E-state index >= 15 is 0 Å². The molecule has 132 valence electrons. The standard InChI is InChI=1S/C18H12Br3N3O2/c19-12-3-1-4-13(9-12)24-6-2-5-14(24)10-22-23-18(26)11-7-15(20)17(25)16(21)8-11/h1-10,25H,(H,23,26)/b22-10-. The first kappa shape index (κ1) is 18.9. The highest BCUT2D eigenvalue weighted by molar-refractivity contribution is 9.11. The number of nitrogens with zero attached hydrogens (tertiary/aromatic N) is 2. The molecule has 3 rings (SSSR count). The van der Waals surface area contributed by atoms with Crippen molar-refractivity contribution in [2.75, 3.05) is 0 Å². The van der Waals surface area contributed by atoms with E-state index in [0.29, 0.717) is 14.5 Å². The van der Waals surface area contributed by atoms with Crippen molar-refractivity contribution in [2.45, 2.75) is 0 Å². The Morgan fingerprint density at radius 1 is 1.08 bits per heavy atom. The number of phenols is 1. The van der Waals surface area contributed by atoms with E-state index in [1.807, 2.05) is 47.2 Å². The summed E-state index contributed by atoms with van der Waals surface area (Å²) in [6.45, 7) is 0. The third-order valence-corrected chi connectivity index (χ3v) is 5.21. The van der Waals surface area contributed by atoms with Crippen LogP contribution in [-0.2, 0) is 0 Å². The number of phenolic OH excluding ortho intramolecular Hbond substituents is 1. The molecule has 0 radical (unpaired) electrons. The fourth-order valence-corrected chi connectivity index (χ4v) is 3.85. The number of rotatable bonds is 4. The highest BCUT2D eigenvalue weighted by Gasteiger charge is 2.11. The molecule has 26 heavy (non-hydrogen) atoms. The first-order valence-electron chi connectivity index (χ1n) is 7.40. The molecule has 5 nitrogen and oxygen atoms in total. The number of benzene rings is 2. The van der Waals surface area contributed by atoms with E-state index in [2.05, 4.69) is 58.3 Å². The topological polar surface area (TPSA) is 66.6 Å². The molecule has 1 amide bonds. The number of carbonyl (C=O) groups excluding carboxylic acids is 1. The van der Waals surface area contributed by atoms with Crippen molar-refractivity contribution in [3.8, 4) is 11.4 Å². The van der Waals surface area contributed by atoms with Gasteiger partial charge < -0.3 is 9.67 Å². The fraction of sp³-hybridized carbons (Fsp3) is 0. The van der Waals surface area contributed by atoms with Crippen LogP contribution in [0.15, 0.2) is 73.2 Å². The Morgan fingerprint density at radius 3 is 2.50 bits per heavy atom. The maximum atomic E-state index is 12.2. The van der Waals surface area contributed by atoms with Crippen molar-refractivity contribution >= 4 is 59.9 Å². The van der Waals surface area contributed by atoms with Gasteiger partial charge in [-0.05, 0) is 74.3 Å². The minimum absolute atomic E-state index is 0.0388. The third-order valence-electron chi connectivity index (χ3n) is 3.51. The number of aromatic nitrogens is 1. The molecule has 2 N–H and O–H groups in total. The van der Waals surface area contributed by atoms with Crippen LogP contribution in [0, 0.1) is 0 Å². The van der Waals surface area contributed by atoms with Crippen LogP contribution in [0.25, 0.3) is 5.69 Å². The second kappa shape index (κ2) is 8.20. The summed E-state index contributed by atoms with van der Waals surface area (Å²) in [5.74, 6) is -0.347. The lowest BCUT2D eigenvalue weighted by molar-refractivity contribution is 0.0955. The number of amides is 1. The van der Waals surface area contributed by atoms with Gasteiger partial charge in [-0.25, -0.2) is 5.43 Å². The summed E-state index contributed by atoms with van der Waals surface area (Å²) in [5, 5.41) is 13.7. The van der Waals surface area contributed by atoms with Crippen LogP contribution < -0.4 is 5.43 Å². The van der Waals surface area contributed by atoms with E-state index < -0.39 is 0 Å². The van der Waals surface area contributed by atoms with Crippen LogP contribution in [0.1, 0.15) is 16.1 Å². The Kier molecular flexibility index (Phi) is 5.95. The lowest BCUT2D eigenvalue weighted by Gasteiger charge is -2.07. The summed E-state index contributed by atoms with van der Waals surface area (Å²) in [4.78, 5) is 12.2. The second-order valence-electron chi connectivity index (χ2n) is 5.27. The predicted octanol–water partition coefficient (Wildman–Crippen LogP) is 5.23. The normalized spacial score (nSPS) is 11.0. The molecular weight excluding hydrogens is 530 g/mol. The predicted molar refractivity (Wildman–Crippen MR) is 112 cm³/mol. The fourth-order valence-electron chi connectivity index (χ4n) is 2.28. The minimum atomic E-state index is -0.386. The maximum Gasteiger partial charge on any atom is 0.271 e. The van der Waals surface area contributed by atoms with Crippen LogP contribution in [0.3, 0.4) is 0 Å². The molecular formula is C18H12Br3N3O2. The Labute approximate surface area is 175 Å². The molecule has 1 heterocycles. The molecule has 0 unspecified atom stereocenters. The monoisotopic (exact) mass is 539 g/mol. The quantitative estimate of drug-likeness (QED) is 0.351. The number of hydrogen-bond donors (Lipinski definition) is 2. The van der Waals surface area contributed by atoms with Crippen molar-refractivity contribution in [2.24, 2.45) is 5.10 Å². The van der Waals surface area contributed by atoms with Crippen LogP contribution >= 0.6 is 47.8 Å². The van der Waals surface area contributed by atoms with Crippen LogP contribution in [0.4, 0.5) is 0 Å². The van der Waals surface area contributed by atoms with Crippen molar-refractivity contribution in [1.82, 2.24) is 9.99 Å². The first-order chi connectivity index (χ1) is 12.5. The molecule has 0 fully saturated rings. The van der Waals surface area contributed by atoms with Gasteiger partial charge in [0.15, 0.2) is 0 Å². The summed E-state index contributed by atoms with van der Waals surface area (Å²) < 4.78 is 3.77. The maximum absolute atomic E-state index is 12.2.